The van der Waals surface area contributed by atoms with Crippen molar-refractivity contribution >= 4 is 52.1 Å². The fraction of sp³-hybridized carbons (Fsp3) is 0.0833. The van der Waals surface area contributed by atoms with Crippen LogP contribution in [0.1, 0.15) is 16.1 Å². The Kier molecular flexibility index (Phi) is 6.11. The molecule has 7 nitrogen and oxygen atoms in total. The summed E-state index contributed by atoms with van der Waals surface area (Å²) in [5, 5.41) is 16.8. The molecule has 10 heteroatoms. The van der Waals surface area contributed by atoms with Crippen LogP contribution in [0.3, 0.4) is 0 Å². The number of nitrogens with one attached hydrogen (secondary N) is 1. The zero-order valence-electron chi connectivity index (χ0n) is 10.5. The molecule has 0 fully saturated rings. The molecule has 0 aliphatic carbocycles. The number of anilines is 1. The number of nitrogens with two attached hydrogens (primary N) is 1. The van der Waals surface area contributed by atoms with E-state index in [-0.39, 0.29) is 41.7 Å². The second kappa shape index (κ2) is 7.22. The molecule has 22 heavy (non-hydrogen) atoms. The number of carboxylic acids is 1. The summed E-state index contributed by atoms with van der Waals surface area (Å²) in [6, 6.07) is 5.51. The van der Waals surface area contributed by atoms with Crippen molar-refractivity contribution < 1.29 is 22.7 Å². The van der Waals surface area contributed by atoms with Gasteiger partial charge < -0.3 is 14.8 Å². The van der Waals surface area contributed by atoms with E-state index >= 15 is 0 Å². The van der Waals surface area contributed by atoms with E-state index in [9.17, 15) is 13.2 Å². The van der Waals surface area contributed by atoms with Gasteiger partial charge in [-0.1, -0.05) is 11.6 Å². The van der Waals surface area contributed by atoms with Gasteiger partial charge in [0.2, 0.25) is 10.0 Å². The van der Waals surface area contributed by atoms with Crippen LogP contribution in [0.4, 0.5) is 5.69 Å². The maximum atomic E-state index is 11.3. The molecule has 114 valence electrons. The minimum atomic E-state index is -4.11. The Morgan fingerprint density at radius 1 is 1.41 bits per heavy atom. The van der Waals surface area contributed by atoms with Crippen molar-refractivity contribution in [2.45, 2.75) is 11.4 Å². The number of carbonyl (C=O) groups is 1. The normalized spacial score (nSPS) is 10.8. The SMILES string of the molecule is NS(=O)(=O)c1cc(C(=O)O)c(NCc2ccco2)cc1Cl.[LiH]. The number of halogens is 1. The zero-order valence-corrected chi connectivity index (χ0v) is 12.1. The van der Waals surface area contributed by atoms with Crippen LogP contribution in [0.25, 0.3) is 0 Å². The van der Waals surface area contributed by atoms with Gasteiger partial charge in [-0.2, -0.15) is 0 Å². The zero-order chi connectivity index (χ0) is 15.6. The Labute approximate surface area is 143 Å². The van der Waals surface area contributed by atoms with E-state index in [4.69, 9.17) is 26.3 Å². The van der Waals surface area contributed by atoms with Gasteiger partial charge in [0.25, 0.3) is 0 Å². The van der Waals surface area contributed by atoms with Crippen LogP contribution in [-0.4, -0.2) is 38.4 Å². The Hall–Kier alpha value is -1.43. The first kappa shape index (κ1) is 18.6. The summed E-state index contributed by atoms with van der Waals surface area (Å²) >= 11 is 5.84. The molecule has 1 aromatic carbocycles. The minimum absolute atomic E-state index is 0. The van der Waals surface area contributed by atoms with Crippen molar-refractivity contribution in [1.82, 2.24) is 0 Å². The number of aromatic carboxylic acids is 1. The van der Waals surface area contributed by atoms with Crippen molar-refractivity contribution in [2.75, 3.05) is 5.32 Å². The number of hydrogen-bond acceptors (Lipinski definition) is 5. The van der Waals surface area contributed by atoms with Crippen molar-refractivity contribution in [3.05, 3.63) is 46.9 Å². The van der Waals surface area contributed by atoms with Gasteiger partial charge in [0.1, 0.15) is 10.7 Å². The van der Waals surface area contributed by atoms with Gasteiger partial charge in [-0.15, -0.1) is 0 Å². The average Bonchev–Trinajstić information content (AvgIpc) is 2.87. The van der Waals surface area contributed by atoms with Crippen LogP contribution >= 0.6 is 11.6 Å². The third-order valence-corrected chi connectivity index (χ3v) is 4.02. The van der Waals surface area contributed by atoms with E-state index in [2.05, 4.69) is 5.32 Å². The molecule has 0 spiro atoms. The van der Waals surface area contributed by atoms with Crippen molar-refractivity contribution in [1.29, 1.82) is 0 Å². The maximum absolute atomic E-state index is 11.3. The summed E-state index contributed by atoms with van der Waals surface area (Å²) in [5.41, 5.74) is -0.0914. The van der Waals surface area contributed by atoms with Crippen LogP contribution in [0, 0.1) is 0 Å². The molecule has 1 heterocycles. The first-order valence-corrected chi connectivity index (χ1v) is 7.57. The summed E-state index contributed by atoms with van der Waals surface area (Å²) in [5.74, 6) is -0.725. The third kappa shape index (κ3) is 4.29. The quantitative estimate of drug-likeness (QED) is 0.705. The van der Waals surface area contributed by atoms with Crippen LogP contribution in [-0.2, 0) is 16.6 Å². The number of sulfonamides is 1. The van der Waals surface area contributed by atoms with E-state index in [1.165, 1.54) is 12.3 Å². The molecule has 0 aliphatic rings. The van der Waals surface area contributed by atoms with Crippen LogP contribution in [0.2, 0.25) is 5.02 Å². The van der Waals surface area contributed by atoms with Gasteiger partial charge in [-0.25, -0.2) is 18.4 Å². The molecular formula is C12H12ClLiN2O5S. The molecule has 2 aromatic rings. The van der Waals surface area contributed by atoms with Gasteiger partial charge in [-0.05, 0) is 24.3 Å². The monoisotopic (exact) mass is 338 g/mol. The fourth-order valence-corrected chi connectivity index (χ4v) is 2.79. The predicted octanol–water partition coefficient (Wildman–Crippen LogP) is 1.24. The number of hydrogen-bond donors (Lipinski definition) is 3. The molecule has 4 N–H and O–H groups in total. The second-order valence-electron chi connectivity index (χ2n) is 4.11. The predicted molar refractivity (Wildman–Crippen MR) is 83.0 cm³/mol. The Morgan fingerprint density at radius 2 is 2.09 bits per heavy atom. The molecule has 0 amide bonds. The fourth-order valence-electron chi connectivity index (χ4n) is 1.69. The molecule has 0 saturated heterocycles. The summed E-state index contributed by atoms with van der Waals surface area (Å²) in [7, 11) is -4.11. The first-order chi connectivity index (χ1) is 9.79. The standard InChI is InChI=1S/C12H11ClN2O5S.Li.H/c13-9-5-10(15-6-7-2-1-3-20-7)8(12(16)17)4-11(9)21(14,18)19;;/h1-5,15H,6H2,(H,16,17)(H2,14,18,19);;. The third-order valence-electron chi connectivity index (χ3n) is 2.64. The molecular weight excluding hydrogens is 327 g/mol. The van der Waals surface area contributed by atoms with Crippen molar-refractivity contribution in [2.24, 2.45) is 5.14 Å². The van der Waals surface area contributed by atoms with E-state index in [0.717, 1.165) is 6.07 Å². The summed E-state index contributed by atoms with van der Waals surface area (Å²) in [4.78, 5) is 10.8. The van der Waals surface area contributed by atoms with Gasteiger partial charge in [0, 0.05) is 0 Å². The van der Waals surface area contributed by atoms with Gasteiger partial charge in [0.15, 0.2) is 0 Å². The number of carboxylic acid groups (broad SMARTS) is 1. The van der Waals surface area contributed by atoms with Crippen LogP contribution in [0.15, 0.2) is 39.8 Å². The van der Waals surface area contributed by atoms with Crippen molar-refractivity contribution in [3.8, 4) is 0 Å². The molecule has 0 saturated carbocycles. The van der Waals surface area contributed by atoms with Gasteiger partial charge >= 0.3 is 24.8 Å². The Balaban J connectivity index is 0.00000242. The van der Waals surface area contributed by atoms with Crippen LogP contribution in [0.5, 0.6) is 0 Å². The number of benzene rings is 1. The summed E-state index contributed by atoms with van der Waals surface area (Å²) < 4.78 is 27.8. The Bertz CT molecular complexity index is 777. The van der Waals surface area contributed by atoms with Gasteiger partial charge in [-0.3, -0.25) is 0 Å². The number of primary sulfonamides is 1. The molecule has 1 aromatic heterocycles. The molecule has 0 aliphatic heterocycles. The molecule has 0 bridgehead atoms. The summed E-state index contributed by atoms with van der Waals surface area (Å²) in [6.45, 7) is 0.221. The van der Waals surface area contributed by atoms with Gasteiger partial charge in [0.05, 0.1) is 29.1 Å². The summed E-state index contributed by atoms with van der Waals surface area (Å²) in [6.07, 6.45) is 1.48. The van der Waals surface area contributed by atoms with Crippen molar-refractivity contribution in [3.63, 3.8) is 0 Å². The molecule has 0 radical (unpaired) electrons. The van der Waals surface area contributed by atoms with Crippen LogP contribution < -0.4 is 10.5 Å². The van der Waals surface area contributed by atoms with E-state index in [1.807, 2.05) is 0 Å². The van der Waals surface area contributed by atoms with E-state index < -0.39 is 20.9 Å². The average molecular weight is 339 g/mol. The first-order valence-electron chi connectivity index (χ1n) is 5.65. The molecule has 2 rings (SSSR count). The topological polar surface area (TPSA) is 123 Å². The second-order valence-corrected chi connectivity index (χ2v) is 6.05. The molecule has 0 unspecified atom stereocenters. The van der Waals surface area contributed by atoms with E-state index in [1.54, 1.807) is 12.1 Å². The number of rotatable bonds is 5. The number of furan rings is 1. The van der Waals surface area contributed by atoms with E-state index in [0.29, 0.717) is 5.76 Å². The Morgan fingerprint density at radius 3 is 2.59 bits per heavy atom. The molecule has 0 atom stereocenters.